The van der Waals surface area contributed by atoms with Crippen LogP contribution in [0.25, 0.3) is 11.8 Å². The average molecular weight is 663 g/mol. The van der Waals surface area contributed by atoms with Crippen LogP contribution in [0.3, 0.4) is 0 Å². The summed E-state index contributed by atoms with van der Waals surface area (Å²) in [6, 6.07) is 30.0. The van der Waals surface area contributed by atoms with E-state index in [9.17, 15) is 9.59 Å². The van der Waals surface area contributed by atoms with Crippen LogP contribution >= 0.6 is 23.1 Å². The first kappa shape index (κ1) is 30.6. The molecule has 47 heavy (non-hydrogen) atoms. The number of nitrogens with zero attached hydrogens (tertiary/aromatic N) is 2. The predicted molar refractivity (Wildman–Crippen MR) is 183 cm³/mol. The minimum atomic E-state index is -0.717. The lowest BCUT2D eigenvalue weighted by Gasteiger charge is -2.26. The summed E-state index contributed by atoms with van der Waals surface area (Å²) in [5, 5.41) is 0. The van der Waals surface area contributed by atoms with Gasteiger partial charge < -0.3 is 18.9 Å². The number of thioether (sulfide) groups is 1. The van der Waals surface area contributed by atoms with Gasteiger partial charge >= 0.3 is 5.97 Å². The molecule has 2 aliphatic heterocycles. The van der Waals surface area contributed by atoms with Gasteiger partial charge in [0.25, 0.3) is 5.56 Å². The fourth-order valence-corrected chi connectivity index (χ4v) is 6.96. The minimum absolute atomic E-state index is 0.198. The Kier molecular flexibility index (Phi) is 8.69. The van der Waals surface area contributed by atoms with Crippen molar-refractivity contribution in [3.8, 4) is 17.2 Å². The normalized spacial score (nSPS) is 15.3. The summed E-state index contributed by atoms with van der Waals surface area (Å²) in [6.07, 6.45) is 3.85. The molecule has 4 aromatic carbocycles. The highest BCUT2D eigenvalue weighted by Gasteiger charge is 2.35. The molecule has 2 aliphatic rings. The van der Waals surface area contributed by atoms with E-state index in [1.165, 1.54) is 11.3 Å². The van der Waals surface area contributed by atoms with Crippen molar-refractivity contribution < 1.29 is 23.7 Å². The van der Waals surface area contributed by atoms with Gasteiger partial charge in [-0.05, 0) is 72.3 Å². The van der Waals surface area contributed by atoms with Gasteiger partial charge in [0.2, 0.25) is 6.79 Å². The summed E-state index contributed by atoms with van der Waals surface area (Å²) in [5.74, 6) is 1.64. The van der Waals surface area contributed by atoms with Gasteiger partial charge in [-0.3, -0.25) is 9.36 Å². The van der Waals surface area contributed by atoms with Crippen LogP contribution in [0.2, 0.25) is 0 Å². The molecule has 0 amide bonds. The van der Waals surface area contributed by atoms with Crippen molar-refractivity contribution in [1.29, 1.82) is 0 Å². The smallest absolute Gasteiger partial charge is 0.338 e. The molecule has 8 nitrogen and oxygen atoms in total. The van der Waals surface area contributed by atoms with Crippen LogP contribution in [-0.4, -0.2) is 30.2 Å². The van der Waals surface area contributed by atoms with E-state index in [1.807, 2.05) is 109 Å². The van der Waals surface area contributed by atoms with Crippen LogP contribution < -0.4 is 29.1 Å². The molecule has 0 saturated carbocycles. The van der Waals surface area contributed by atoms with Gasteiger partial charge in [0, 0.05) is 10.5 Å². The molecule has 0 aliphatic carbocycles. The highest BCUT2D eigenvalue weighted by molar-refractivity contribution is 7.98. The average Bonchev–Trinajstić information content (AvgIpc) is 3.71. The number of carbonyl (C=O) groups is 1. The number of ether oxygens (including phenoxy) is 4. The number of esters is 1. The van der Waals surface area contributed by atoms with E-state index in [2.05, 4.69) is 0 Å². The molecule has 0 spiro atoms. The van der Waals surface area contributed by atoms with Crippen LogP contribution in [0.5, 0.6) is 17.2 Å². The molecule has 10 heteroatoms. The Morgan fingerprint density at radius 1 is 1.00 bits per heavy atom. The molecular weight excluding hydrogens is 633 g/mol. The van der Waals surface area contributed by atoms with Crippen molar-refractivity contribution in [2.24, 2.45) is 4.99 Å². The highest BCUT2D eigenvalue weighted by atomic mass is 32.2. The molecule has 1 aromatic heterocycles. The molecular formula is C37H30N2O6S2. The summed E-state index contributed by atoms with van der Waals surface area (Å²) >= 11 is 2.92. The lowest BCUT2D eigenvalue weighted by Crippen LogP contribution is -2.40. The third-order valence-corrected chi connectivity index (χ3v) is 9.55. The maximum atomic E-state index is 14.2. The summed E-state index contributed by atoms with van der Waals surface area (Å²) in [4.78, 5) is 34.3. The largest absolute Gasteiger partial charge is 0.489 e. The first-order valence-electron chi connectivity index (χ1n) is 15.1. The Hall–Kier alpha value is -5.06. The fourth-order valence-electron chi connectivity index (χ4n) is 5.55. The number of benzene rings is 4. The van der Waals surface area contributed by atoms with Crippen LogP contribution in [0.1, 0.15) is 35.2 Å². The number of thiazole rings is 1. The summed E-state index contributed by atoms with van der Waals surface area (Å²) in [6.45, 7) is 2.57. The third-order valence-electron chi connectivity index (χ3n) is 7.83. The van der Waals surface area contributed by atoms with Gasteiger partial charge in [0.05, 0.1) is 28.5 Å². The second-order valence-corrected chi connectivity index (χ2v) is 12.6. The monoisotopic (exact) mass is 662 g/mol. The molecule has 7 rings (SSSR count). The van der Waals surface area contributed by atoms with Crippen molar-refractivity contribution in [3.63, 3.8) is 0 Å². The quantitative estimate of drug-likeness (QED) is 0.142. The first-order valence-corrected chi connectivity index (χ1v) is 17.1. The Balaban J connectivity index is 1.26. The van der Waals surface area contributed by atoms with Crippen molar-refractivity contribution in [1.82, 2.24) is 4.57 Å². The highest BCUT2D eigenvalue weighted by Crippen LogP contribution is 2.36. The maximum absolute atomic E-state index is 14.2. The van der Waals surface area contributed by atoms with Crippen molar-refractivity contribution >= 4 is 40.8 Å². The molecule has 0 bridgehead atoms. The Bertz CT molecular complexity index is 2150. The van der Waals surface area contributed by atoms with E-state index in [-0.39, 0.29) is 19.0 Å². The SMILES string of the molecule is CCOC(=O)C1=C(c2ccccc2)N=c2s/c(=C\c3ccc(OCc4ccc5c(c4)OCO5)cc3)c(=O)n2[C@H]1c1ccc(SC)cc1. The third kappa shape index (κ3) is 6.22. The fraction of sp³-hybridized carbons (Fsp3) is 0.162. The van der Waals surface area contributed by atoms with E-state index in [1.54, 1.807) is 23.3 Å². The molecule has 0 N–H and O–H groups in total. The standard InChI is InChI=1S/C37H30N2O6S2/c1-3-42-36(41)32-33(25-7-5-4-6-8-25)38-37-39(34(32)26-12-16-28(46-2)17-13-26)35(40)31(47-37)20-23-9-14-27(15-10-23)43-21-24-11-18-29-30(19-24)45-22-44-29/h4-20,34H,3,21-22H2,1-2H3/b31-20-/t34-/m0/s1. The van der Waals surface area contributed by atoms with Crippen LogP contribution in [0.15, 0.2) is 117 Å². The molecule has 3 heterocycles. The zero-order valence-corrected chi connectivity index (χ0v) is 27.3. The van der Waals surface area contributed by atoms with Crippen molar-refractivity contribution in [2.75, 3.05) is 19.7 Å². The Morgan fingerprint density at radius 3 is 2.51 bits per heavy atom. The second kappa shape index (κ2) is 13.4. The summed E-state index contributed by atoms with van der Waals surface area (Å²) in [5.41, 5.74) is 3.97. The lowest BCUT2D eigenvalue weighted by atomic mass is 9.93. The minimum Gasteiger partial charge on any atom is -0.489 e. The van der Waals surface area contributed by atoms with Gasteiger partial charge in [-0.1, -0.05) is 72.0 Å². The van der Waals surface area contributed by atoms with Gasteiger partial charge in [-0.2, -0.15) is 0 Å². The number of rotatable bonds is 9. The van der Waals surface area contributed by atoms with E-state index >= 15 is 0 Å². The molecule has 1 atom stereocenters. The molecule has 0 unspecified atom stereocenters. The van der Waals surface area contributed by atoms with Gasteiger partial charge in [-0.25, -0.2) is 9.79 Å². The molecule has 0 saturated heterocycles. The van der Waals surface area contributed by atoms with Crippen molar-refractivity contribution in [2.45, 2.75) is 24.5 Å². The molecule has 0 fully saturated rings. The topological polar surface area (TPSA) is 88.4 Å². The molecule has 0 radical (unpaired) electrons. The van der Waals surface area contributed by atoms with Crippen molar-refractivity contribution in [3.05, 3.63) is 145 Å². The predicted octanol–water partition coefficient (Wildman–Crippen LogP) is 5.97. The number of aromatic nitrogens is 1. The van der Waals surface area contributed by atoms with Gasteiger partial charge in [-0.15, -0.1) is 11.8 Å². The number of carbonyl (C=O) groups excluding carboxylic acids is 1. The lowest BCUT2D eigenvalue weighted by molar-refractivity contribution is -0.138. The molecule has 5 aromatic rings. The summed E-state index contributed by atoms with van der Waals surface area (Å²) < 4.78 is 24.5. The van der Waals surface area contributed by atoms with Crippen LogP contribution in [0, 0.1) is 0 Å². The first-order chi connectivity index (χ1) is 23.0. The van der Waals surface area contributed by atoms with E-state index in [4.69, 9.17) is 23.9 Å². The molecule has 236 valence electrons. The van der Waals surface area contributed by atoms with Crippen LogP contribution in [0.4, 0.5) is 0 Å². The summed E-state index contributed by atoms with van der Waals surface area (Å²) in [7, 11) is 0. The van der Waals surface area contributed by atoms with Crippen LogP contribution in [-0.2, 0) is 16.1 Å². The number of hydrogen-bond acceptors (Lipinski definition) is 9. The zero-order chi connectivity index (χ0) is 32.3. The Morgan fingerprint density at radius 2 is 1.77 bits per heavy atom. The zero-order valence-electron chi connectivity index (χ0n) is 25.7. The van der Waals surface area contributed by atoms with E-state index in [0.29, 0.717) is 38.7 Å². The maximum Gasteiger partial charge on any atom is 0.338 e. The van der Waals surface area contributed by atoms with Gasteiger partial charge in [0.15, 0.2) is 16.3 Å². The Labute approximate surface area is 279 Å². The van der Waals surface area contributed by atoms with E-state index < -0.39 is 12.0 Å². The van der Waals surface area contributed by atoms with E-state index in [0.717, 1.165) is 32.9 Å². The second-order valence-electron chi connectivity index (χ2n) is 10.7. The number of hydrogen-bond donors (Lipinski definition) is 0. The number of fused-ring (bicyclic) bond motifs is 2. The van der Waals surface area contributed by atoms with Gasteiger partial charge in [0.1, 0.15) is 12.4 Å².